The zero-order chi connectivity index (χ0) is 15.0. The first kappa shape index (κ1) is 14.6. The van der Waals surface area contributed by atoms with Gasteiger partial charge in [-0.25, -0.2) is 0 Å². The molecule has 0 unspecified atom stereocenters. The number of aromatic nitrogens is 1. The van der Waals surface area contributed by atoms with Gasteiger partial charge in [0.05, 0.1) is 10.6 Å². The van der Waals surface area contributed by atoms with Gasteiger partial charge in [0, 0.05) is 20.1 Å². The minimum Gasteiger partial charge on any atom is -0.367 e. The van der Waals surface area contributed by atoms with Gasteiger partial charge in [-0.05, 0) is 34.1 Å². The lowest BCUT2D eigenvalue weighted by Gasteiger charge is -2.06. The summed E-state index contributed by atoms with van der Waals surface area (Å²) in [6.45, 7) is 0. The van der Waals surface area contributed by atoms with E-state index in [1.165, 1.54) is 0 Å². The molecule has 0 saturated carbocycles. The lowest BCUT2D eigenvalue weighted by Crippen LogP contribution is -1.89. The first-order valence-electron chi connectivity index (χ1n) is 6.03. The SMILES string of the molecule is Nc1onc(-c2ccc(Cl)c(Br)c2)c1-c1ccccc1Br. The average molecular weight is 429 g/mol. The summed E-state index contributed by atoms with van der Waals surface area (Å²) in [4.78, 5) is 0. The van der Waals surface area contributed by atoms with Crippen molar-refractivity contribution in [1.29, 1.82) is 0 Å². The maximum Gasteiger partial charge on any atom is 0.230 e. The van der Waals surface area contributed by atoms with Crippen molar-refractivity contribution in [3.8, 4) is 22.4 Å². The number of nitrogens with two attached hydrogens (primary N) is 1. The van der Waals surface area contributed by atoms with Crippen LogP contribution in [-0.4, -0.2) is 5.16 Å². The molecule has 0 bridgehead atoms. The van der Waals surface area contributed by atoms with Crippen LogP contribution < -0.4 is 5.73 Å². The van der Waals surface area contributed by atoms with E-state index in [1.54, 1.807) is 6.07 Å². The lowest BCUT2D eigenvalue weighted by atomic mass is 10.0. The topological polar surface area (TPSA) is 52.0 Å². The van der Waals surface area contributed by atoms with Crippen LogP contribution in [0.15, 0.2) is 55.9 Å². The Kier molecular flexibility index (Phi) is 4.06. The van der Waals surface area contributed by atoms with Crippen molar-refractivity contribution < 1.29 is 4.52 Å². The molecular weight excluding hydrogens is 419 g/mol. The number of anilines is 1. The summed E-state index contributed by atoms with van der Waals surface area (Å²) in [7, 11) is 0. The van der Waals surface area contributed by atoms with E-state index in [9.17, 15) is 0 Å². The minimum absolute atomic E-state index is 0.281. The Morgan fingerprint density at radius 1 is 1.05 bits per heavy atom. The Hall–Kier alpha value is -1.30. The van der Waals surface area contributed by atoms with E-state index >= 15 is 0 Å². The first-order chi connectivity index (χ1) is 10.1. The maximum atomic E-state index is 6.03. The second-order valence-corrected chi connectivity index (χ2v) is 6.50. The van der Waals surface area contributed by atoms with Crippen molar-refractivity contribution in [3.63, 3.8) is 0 Å². The molecule has 1 aromatic heterocycles. The average Bonchev–Trinajstić information content (AvgIpc) is 2.84. The highest BCUT2D eigenvalue weighted by Gasteiger charge is 2.19. The van der Waals surface area contributed by atoms with Gasteiger partial charge in [-0.2, -0.15) is 0 Å². The summed E-state index contributed by atoms with van der Waals surface area (Å²) in [6.07, 6.45) is 0. The largest absolute Gasteiger partial charge is 0.367 e. The van der Waals surface area contributed by atoms with Crippen molar-refractivity contribution in [2.45, 2.75) is 0 Å². The van der Waals surface area contributed by atoms with Gasteiger partial charge in [-0.15, -0.1) is 0 Å². The fourth-order valence-corrected chi connectivity index (χ4v) is 3.05. The van der Waals surface area contributed by atoms with Gasteiger partial charge in [0.25, 0.3) is 0 Å². The third kappa shape index (κ3) is 2.73. The molecule has 2 N–H and O–H groups in total. The molecule has 0 aliphatic heterocycles. The number of nitrogens with zero attached hydrogens (tertiary/aromatic N) is 1. The molecule has 0 radical (unpaired) electrons. The Morgan fingerprint density at radius 2 is 1.81 bits per heavy atom. The predicted octanol–water partition coefficient (Wildman–Crippen LogP) is 5.77. The Labute approximate surface area is 143 Å². The Bertz CT molecular complexity index is 817. The molecule has 3 rings (SSSR count). The number of rotatable bonds is 2. The first-order valence-corrected chi connectivity index (χ1v) is 8.00. The molecule has 1 heterocycles. The molecule has 0 saturated heterocycles. The maximum absolute atomic E-state index is 6.03. The van der Waals surface area contributed by atoms with Gasteiger partial charge in [0.2, 0.25) is 5.88 Å². The molecule has 3 aromatic rings. The number of nitrogen functional groups attached to an aromatic ring is 1. The van der Waals surface area contributed by atoms with Crippen LogP contribution in [0.25, 0.3) is 22.4 Å². The normalized spacial score (nSPS) is 10.8. The summed E-state index contributed by atoms with van der Waals surface area (Å²) >= 11 is 13.0. The van der Waals surface area contributed by atoms with Crippen molar-refractivity contribution in [3.05, 3.63) is 56.4 Å². The Balaban J connectivity index is 2.22. The fourth-order valence-electron chi connectivity index (χ4n) is 2.07. The van der Waals surface area contributed by atoms with E-state index in [1.807, 2.05) is 36.4 Å². The van der Waals surface area contributed by atoms with Gasteiger partial charge >= 0.3 is 0 Å². The van der Waals surface area contributed by atoms with Gasteiger partial charge in [0.1, 0.15) is 5.69 Å². The summed E-state index contributed by atoms with van der Waals surface area (Å²) < 4.78 is 6.91. The van der Waals surface area contributed by atoms with E-state index in [4.69, 9.17) is 21.9 Å². The summed E-state index contributed by atoms with van der Waals surface area (Å²) in [5, 5.41) is 4.73. The molecule has 0 amide bonds. The van der Waals surface area contributed by atoms with Crippen molar-refractivity contribution in [2.75, 3.05) is 5.73 Å². The van der Waals surface area contributed by atoms with E-state index in [2.05, 4.69) is 37.0 Å². The van der Waals surface area contributed by atoms with Crippen LogP contribution in [0.2, 0.25) is 5.02 Å². The summed E-state index contributed by atoms with van der Waals surface area (Å²) in [6, 6.07) is 13.4. The zero-order valence-corrected chi connectivity index (χ0v) is 14.5. The van der Waals surface area contributed by atoms with Crippen molar-refractivity contribution in [2.24, 2.45) is 0 Å². The number of hydrogen-bond donors (Lipinski definition) is 1. The number of benzene rings is 2. The van der Waals surface area contributed by atoms with Crippen LogP contribution in [0.5, 0.6) is 0 Å². The Morgan fingerprint density at radius 3 is 2.52 bits per heavy atom. The summed E-state index contributed by atoms with van der Waals surface area (Å²) in [5.41, 5.74) is 9.20. The van der Waals surface area contributed by atoms with E-state index in [-0.39, 0.29) is 5.88 Å². The number of hydrogen-bond acceptors (Lipinski definition) is 3. The van der Waals surface area contributed by atoms with Crippen molar-refractivity contribution >= 4 is 49.3 Å². The van der Waals surface area contributed by atoms with Gasteiger partial charge < -0.3 is 10.3 Å². The summed E-state index contributed by atoms with van der Waals surface area (Å²) in [5.74, 6) is 0.281. The van der Waals surface area contributed by atoms with Gasteiger partial charge in [-0.1, -0.05) is 57.0 Å². The smallest absolute Gasteiger partial charge is 0.230 e. The molecule has 0 atom stereocenters. The van der Waals surface area contributed by atoms with E-state index < -0.39 is 0 Å². The predicted molar refractivity (Wildman–Crippen MR) is 92.2 cm³/mol. The molecule has 0 fully saturated rings. The fraction of sp³-hybridized carbons (Fsp3) is 0. The van der Waals surface area contributed by atoms with E-state index in [0.29, 0.717) is 10.7 Å². The lowest BCUT2D eigenvalue weighted by molar-refractivity contribution is 0.439. The van der Waals surface area contributed by atoms with Crippen LogP contribution in [0, 0.1) is 0 Å². The number of halogens is 3. The highest BCUT2D eigenvalue weighted by molar-refractivity contribution is 9.11. The third-order valence-corrected chi connectivity index (χ3v) is 4.96. The molecule has 0 spiro atoms. The molecule has 21 heavy (non-hydrogen) atoms. The third-order valence-electron chi connectivity index (χ3n) is 3.05. The second-order valence-electron chi connectivity index (χ2n) is 4.38. The molecule has 0 aliphatic carbocycles. The van der Waals surface area contributed by atoms with Gasteiger partial charge in [0.15, 0.2) is 0 Å². The monoisotopic (exact) mass is 426 g/mol. The quantitative estimate of drug-likeness (QED) is 0.564. The molecule has 106 valence electrons. The molecule has 6 heteroatoms. The van der Waals surface area contributed by atoms with Crippen molar-refractivity contribution in [1.82, 2.24) is 5.16 Å². The molecule has 2 aromatic carbocycles. The zero-order valence-electron chi connectivity index (χ0n) is 10.6. The standard InChI is InChI=1S/C15H9Br2ClN2O/c16-10-4-2-1-3-9(10)13-14(20-21-15(13)19)8-5-6-12(18)11(17)7-8/h1-7H,19H2. The van der Waals surface area contributed by atoms with Crippen LogP contribution in [0.4, 0.5) is 5.88 Å². The van der Waals surface area contributed by atoms with Crippen LogP contribution in [0.1, 0.15) is 0 Å². The highest BCUT2D eigenvalue weighted by atomic mass is 79.9. The minimum atomic E-state index is 0.281. The van der Waals surface area contributed by atoms with Gasteiger partial charge in [-0.3, -0.25) is 0 Å². The van der Waals surface area contributed by atoms with Crippen LogP contribution in [0.3, 0.4) is 0 Å². The van der Waals surface area contributed by atoms with E-state index in [0.717, 1.165) is 25.6 Å². The van der Waals surface area contributed by atoms with Crippen LogP contribution >= 0.6 is 43.5 Å². The van der Waals surface area contributed by atoms with Crippen LogP contribution in [-0.2, 0) is 0 Å². The molecule has 3 nitrogen and oxygen atoms in total. The highest BCUT2D eigenvalue weighted by Crippen LogP contribution is 2.40. The molecule has 0 aliphatic rings. The second kappa shape index (κ2) is 5.83. The molecular formula is C15H9Br2ClN2O.